The molecule has 3 aromatic rings. The van der Waals surface area contributed by atoms with E-state index in [-0.39, 0.29) is 13.2 Å². The molecule has 0 aliphatic rings. The minimum Gasteiger partial charge on any atom is -0.465 e. The Kier molecular flexibility index (Phi) is 5.70. The van der Waals surface area contributed by atoms with E-state index in [1.807, 2.05) is 30.3 Å². The number of fused-ring (bicyclic) bond motifs is 1. The Bertz CT molecular complexity index is 1020. The zero-order chi connectivity index (χ0) is 19.1. The molecule has 1 aromatic heterocycles. The maximum Gasteiger partial charge on any atom is 0.408 e. The van der Waals surface area contributed by atoms with E-state index in [1.165, 1.54) is 7.11 Å². The van der Waals surface area contributed by atoms with Gasteiger partial charge in [0.1, 0.15) is 6.61 Å². The number of carbonyl (C=O) groups is 2. The van der Waals surface area contributed by atoms with Gasteiger partial charge in [-0.1, -0.05) is 42.2 Å². The van der Waals surface area contributed by atoms with Crippen LogP contribution in [0.4, 0.5) is 4.79 Å². The lowest BCUT2D eigenvalue weighted by molar-refractivity contribution is 0.0603. The first-order chi connectivity index (χ1) is 13.2. The number of hydrogen-bond donors (Lipinski definition) is 2. The number of nitrogens with zero attached hydrogens (tertiary/aromatic N) is 1. The second-order valence-electron chi connectivity index (χ2n) is 5.56. The molecule has 7 nitrogen and oxygen atoms in total. The molecule has 7 heteroatoms. The molecular formula is C20H17N3O4. The SMILES string of the molecule is COC(=O)c1cc(C#CCNC(=O)OCc2ccccc2)cc2[nH]ncc12. The Labute approximate surface area is 155 Å². The highest BCUT2D eigenvalue weighted by Gasteiger charge is 2.12. The molecule has 0 saturated heterocycles. The zero-order valence-corrected chi connectivity index (χ0v) is 14.6. The van der Waals surface area contributed by atoms with Crippen LogP contribution in [0.5, 0.6) is 0 Å². The second-order valence-corrected chi connectivity index (χ2v) is 5.56. The van der Waals surface area contributed by atoms with Crippen LogP contribution in [0.1, 0.15) is 21.5 Å². The van der Waals surface area contributed by atoms with Crippen molar-refractivity contribution in [3.8, 4) is 11.8 Å². The first-order valence-corrected chi connectivity index (χ1v) is 8.16. The highest BCUT2D eigenvalue weighted by molar-refractivity contribution is 6.03. The van der Waals surface area contributed by atoms with Gasteiger partial charge >= 0.3 is 12.1 Å². The van der Waals surface area contributed by atoms with E-state index in [4.69, 9.17) is 9.47 Å². The minimum atomic E-state index is -0.549. The van der Waals surface area contributed by atoms with Crippen molar-refractivity contribution in [2.45, 2.75) is 6.61 Å². The van der Waals surface area contributed by atoms with Gasteiger partial charge in [-0.3, -0.25) is 5.10 Å². The fourth-order valence-corrected chi connectivity index (χ4v) is 2.44. The lowest BCUT2D eigenvalue weighted by Gasteiger charge is -2.04. The van der Waals surface area contributed by atoms with Crippen molar-refractivity contribution in [1.29, 1.82) is 0 Å². The molecular weight excluding hydrogens is 346 g/mol. The van der Waals surface area contributed by atoms with E-state index in [0.29, 0.717) is 22.0 Å². The molecule has 0 spiro atoms. The zero-order valence-electron chi connectivity index (χ0n) is 14.6. The average Bonchev–Trinajstić information content (AvgIpc) is 3.18. The standard InChI is InChI=1S/C20H17N3O4/c1-26-19(24)16-10-15(11-18-17(16)12-22-23-18)8-5-9-21-20(25)27-13-14-6-3-2-4-7-14/h2-4,6-7,10-12H,9,13H2,1H3,(H,21,25)(H,22,23). The Morgan fingerprint density at radius 3 is 2.81 bits per heavy atom. The van der Waals surface area contributed by atoms with Crippen LogP contribution < -0.4 is 5.32 Å². The van der Waals surface area contributed by atoms with Gasteiger partial charge in [0.15, 0.2) is 0 Å². The van der Waals surface area contributed by atoms with Crippen molar-refractivity contribution in [2.24, 2.45) is 0 Å². The van der Waals surface area contributed by atoms with Gasteiger partial charge in [-0.15, -0.1) is 0 Å². The Morgan fingerprint density at radius 2 is 2.04 bits per heavy atom. The molecule has 0 bridgehead atoms. The quantitative estimate of drug-likeness (QED) is 0.549. The number of nitrogens with one attached hydrogen (secondary N) is 2. The Morgan fingerprint density at radius 1 is 1.22 bits per heavy atom. The third kappa shape index (κ3) is 4.64. The third-order valence-electron chi connectivity index (χ3n) is 3.73. The van der Waals surface area contributed by atoms with E-state index in [2.05, 4.69) is 27.4 Å². The van der Waals surface area contributed by atoms with Crippen LogP contribution in [-0.4, -0.2) is 35.9 Å². The molecule has 0 radical (unpaired) electrons. The number of hydrogen-bond acceptors (Lipinski definition) is 5. The van der Waals surface area contributed by atoms with Crippen molar-refractivity contribution in [3.05, 3.63) is 65.4 Å². The molecule has 2 aromatic carbocycles. The van der Waals surface area contributed by atoms with Crippen molar-refractivity contribution in [3.63, 3.8) is 0 Å². The molecule has 0 fully saturated rings. The number of carbonyl (C=O) groups excluding carboxylic acids is 2. The average molecular weight is 363 g/mol. The number of aromatic amines is 1. The van der Waals surface area contributed by atoms with Gasteiger partial charge in [-0.2, -0.15) is 5.10 Å². The maximum absolute atomic E-state index is 11.9. The molecule has 136 valence electrons. The summed E-state index contributed by atoms with van der Waals surface area (Å²) in [7, 11) is 1.32. The van der Waals surface area contributed by atoms with Gasteiger partial charge in [0.25, 0.3) is 0 Å². The Balaban J connectivity index is 1.59. The number of benzene rings is 2. The highest BCUT2D eigenvalue weighted by atomic mass is 16.5. The summed E-state index contributed by atoms with van der Waals surface area (Å²) in [6.45, 7) is 0.307. The van der Waals surface area contributed by atoms with Crippen molar-refractivity contribution < 1.29 is 19.1 Å². The lowest BCUT2D eigenvalue weighted by Crippen LogP contribution is -2.24. The van der Waals surface area contributed by atoms with Crippen LogP contribution in [0.25, 0.3) is 10.9 Å². The maximum atomic E-state index is 11.9. The monoisotopic (exact) mass is 363 g/mol. The molecule has 1 heterocycles. The topological polar surface area (TPSA) is 93.3 Å². The Hall–Kier alpha value is -3.79. The molecule has 0 atom stereocenters. The van der Waals surface area contributed by atoms with Gasteiger partial charge in [-0.05, 0) is 17.7 Å². The molecule has 27 heavy (non-hydrogen) atoms. The number of aromatic nitrogens is 2. The summed E-state index contributed by atoms with van der Waals surface area (Å²) in [5, 5.41) is 9.95. The van der Waals surface area contributed by atoms with Gasteiger partial charge < -0.3 is 14.8 Å². The number of esters is 1. The van der Waals surface area contributed by atoms with E-state index in [9.17, 15) is 9.59 Å². The van der Waals surface area contributed by atoms with E-state index < -0.39 is 12.1 Å². The van der Waals surface area contributed by atoms with E-state index in [0.717, 1.165) is 5.56 Å². The molecule has 0 saturated carbocycles. The molecule has 3 rings (SSSR count). The summed E-state index contributed by atoms with van der Waals surface area (Å²) in [5.74, 6) is 5.26. The van der Waals surface area contributed by atoms with Crippen LogP contribution >= 0.6 is 0 Å². The predicted molar refractivity (Wildman–Crippen MR) is 98.9 cm³/mol. The van der Waals surface area contributed by atoms with Crippen molar-refractivity contribution in [1.82, 2.24) is 15.5 Å². The van der Waals surface area contributed by atoms with E-state index >= 15 is 0 Å². The van der Waals surface area contributed by atoms with Crippen LogP contribution in [0.15, 0.2) is 48.7 Å². The third-order valence-corrected chi connectivity index (χ3v) is 3.73. The molecule has 0 aliphatic carbocycles. The molecule has 0 aliphatic heterocycles. The summed E-state index contributed by atoms with van der Waals surface area (Å²) >= 11 is 0. The van der Waals surface area contributed by atoms with Gasteiger partial charge in [-0.25, -0.2) is 9.59 Å². The lowest BCUT2D eigenvalue weighted by atomic mass is 10.1. The highest BCUT2D eigenvalue weighted by Crippen LogP contribution is 2.19. The van der Waals surface area contributed by atoms with Crippen LogP contribution in [0, 0.1) is 11.8 Å². The summed E-state index contributed by atoms with van der Waals surface area (Å²) in [5.41, 5.74) is 2.56. The summed E-state index contributed by atoms with van der Waals surface area (Å²) < 4.78 is 9.89. The van der Waals surface area contributed by atoms with Gasteiger partial charge in [0, 0.05) is 10.9 Å². The smallest absolute Gasteiger partial charge is 0.408 e. The molecule has 0 unspecified atom stereocenters. The molecule has 2 N–H and O–H groups in total. The molecule has 1 amide bonds. The van der Waals surface area contributed by atoms with Gasteiger partial charge in [0.2, 0.25) is 0 Å². The van der Waals surface area contributed by atoms with Crippen molar-refractivity contribution in [2.75, 3.05) is 13.7 Å². The summed E-state index contributed by atoms with van der Waals surface area (Å²) in [6, 6.07) is 12.8. The minimum absolute atomic E-state index is 0.113. The van der Waals surface area contributed by atoms with Crippen LogP contribution in [0.2, 0.25) is 0 Å². The first kappa shape index (κ1) is 18.0. The summed E-state index contributed by atoms with van der Waals surface area (Å²) in [4.78, 5) is 23.6. The first-order valence-electron chi connectivity index (χ1n) is 8.16. The number of amides is 1. The number of H-pyrrole nitrogens is 1. The summed E-state index contributed by atoms with van der Waals surface area (Å²) in [6.07, 6.45) is 1.01. The number of alkyl carbamates (subject to hydrolysis) is 1. The van der Waals surface area contributed by atoms with Crippen LogP contribution in [-0.2, 0) is 16.1 Å². The fraction of sp³-hybridized carbons (Fsp3) is 0.150. The largest absolute Gasteiger partial charge is 0.465 e. The second kappa shape index (κ2) is 8.54. The number of rotatable bonds is 4. The predicted octanol–water partition coefficient (Wildman–Crippen LogP) is 2.63. The number of methoxy groups -OCH3 is 1. The van der Waals surface area contributed by atoms with Crippen LogP contribution in [0.3, 0.4) is 0 Å². The van der Waals surface area contributed by atoms with Gasteiger partial charge in [0.05, 0.1) is 30.9 Å². The van der Waals surface area contributed by atoms with Crippen molar-refractivity contribution >= 4 is 23.0 Å². The number of ether oxygens (including phenoxy) is 2. The fourth-order valence-electron chi connectivity index (χ4n) is 2.44. The van der Waals surface area contributed by atoms with E-state index in [1.54, 1.807) is 18.3 Å². The normalized spacial score (nSPS) is 9.96.